The van der Waals surface area contributed by atoms with Crippen molar-refractivity contribution in [1.82, 2.24) is 0 Å². The molecule has 0 bridgehead atoms. The van der Waals surface area contributed by atoms with Crippen molar-refractivity contribution in [3.8, 4) is 11.8 Å². The number of hydrogen-bond acceptors (Lipinski definition) is 4. The first-order chi connectivity index (χ1) is 16.7. The van der Waals surface area contributed by atoms with E-state index in [9.17, 15) is 9.59 Å². The van der Waals surface area contributed by atoms with Crippen LogP contribution in [-0.4, -0.2) is 23.6 Å². The molecule has 4 nitrogen and oxygen atoms in total. The third-order valence-electron chi connectivity index (χ3n) is 10.6. The molecule has 0 unspecified atom stereocenters. The van der Waals surface area contributed by atoms with Crippen LogP contribution in [0.15, 0.2) is 30.3 Å². The maximum Gasteiger partial charge on any atom is 0.304 e. The predicted molar refractivity (Wildman–Crippen MR) is 135 cm³/mol. The minimum Gasteiger partial charge on any atom is -0.463 e. The molecule has 35 heavy (non-hydrogen) atoms. The lowest BCUT2D eigenvalue weighted by Gasteiger charge is -2.61. The maximum atomic E-state index is 12.3. The Labute approximate surface area is 210 Å². The molecule has 8 atom stereocenters. The van der Waals surface area contributed by atoms with Gasteiger partial charge in [-0.1, -0.05) is 38.0 Å². The van der Waals surface area contributed by atoms with Crippen LogP contribution in [0, 0.1) is 46.3 Å². The van der Waals surface area contributed by atoms with Gasteiger partial charge in [-0.15, -0.1) is 0 Å². The molecule has 1 aromatic carbocycles. The molecule has 4 aliphatic rings. The monoisotopic (exact) mass is 476 g/mol. The van der Waals surface area contributed by atoms with E-state index in [-0.39, 0.29) is 23.5 Å². The molecule has 0 radical (unpaired) electrons. The largest absolute Gasteiger partial charge is 0.463 e. The third kappa shape index (κ3) is 4.09. The average molecular weight is 477 g/mol. The summed E-state index contributed by atoms with van der Waals surface area (Å²) in [6.45, 7) is 7.94. The van der Waals surface area contributed by atoms with Gasteiger partial charge in [-0.05, 0) is 105 Å². The molecule has 0 saturated heterocycles. The van der Waals surface area contributed by atoms with Gasteiger partial charge in [0.25, 0.3) is 0 Å². The Bertz CT molecular complexity index is 1040. The summed E-state index contributed by atoms with van der Waals surface area (Å²) in [5.74, 6) is 9.01. The summed E-state index contributed by atoms with van der Waals surface area (Å²) in [4.78, 5) is 23.9. The molecule has 4 heteroatoms. The highest BCUT2D eigenvalue weighted by Crippen LogP contribution is 2.69. The second kappa shape index (κ2) is 8.99. The van der Waals surface area contributed by atoms with E-state index in [0.29, 0.717) is 29.1 Å². The van der Waals surface area contributed by atoms with Crippen LogP contribution in [0.2, 0.25) is 0 Å². The van der Waals surface area contributed by atoms with Crippen LogP contribution >= 0.6 is 0 Å². The van der Waals surface area contributed by atoms with Crippen molar-refractivity contribution in [2.75, 3.05) is 0 Å². The van der Waals surface area contributed by atoms with Crippen molar-refractivity contribution >= 4 is 11.9 Å². The van der Waals surface area contributed by atoms with E-state index >= 15 is 0 Å². The molecule has 0 spiro atoms. The van der Waals surface area contributed by atoms with Gasteiger partial charge >= 0.3 is 11.9 Å². The summed E-state index contributed by atoms with van der Waals surface area (Å²) in [6, 6.07) is 10.0. The smallest absolute Gasteiger partial charge is 0.304 e. The molecule has 0 N–H and O–H groups in total. The summed E-state index contributed by atoms with van der Waals surface area (Å²) in [6.07, 6.45) is 9.77. The van der Waals surface area contributed by atoms with E-state index in [0.717, 1.165) is 44.1 Å². The summed E-state index contributed by atoms with van der Waals surface area (Å²) < 4.78 is 11.8. The Hall–Kier alpha value is -2.28. The Kier molecular flexibility index (Phi) is 6.27. The van der Waals surface area contributed by atoms with Crippen molar-refractivity contribution in [3.05, 3.63) is 35.9 Å². The van der Waals surface area contributed by atoms with Crippen LogP contribution in [-0.2, 0) is 19.1 Å². The Morgan fingerprint density at radius 2 is 1.63 bits per heavy atom. The minimum atomic E-state index is -0.713. The molecule has 5 rings (SSSR count). The second-order valence-corrected chi connectivity index (χ2v) is 12.2. The number of carbonyl (C=O) groups is 2. The fourth-order valence-electron chi connectivity index (χ4n) is 8.90. The summed E-state index contributed by atoms with van der Waals surface area (Å²) >= 11 is 0. The number of esters is 2. The van der Waals surface area contributed by atoms with Gasteiger partial charge in [0.1, 0.15) is 6.10 Å². The van der Waals surface area contributed by atoms with Crippen LogP contribution in [0.4, 0.5) is 0 Å². The third-order valence-corrected chi connectivity index (χ3v) is 10.6. The van der Waals surface area contributed by atoms with Gasteiger partial charge in [-0.25, -0.2) is 0 Å². The van der Waals surface area contributed by atoms with Gasteiger partial charge in [0.15, 0.2) is 5.60 Å². The summed E-state index contributed by atoms with van der Waals surface area (Å²) in [7, 11) is 0. The van der Waals surface area contributed by atoms with Crippen LogP contribution in [0.5, 0.6) is 0 Å². The molecule has 188 valence electrons. The predicted octanol–water partition coefficient (Wildman–Crippen LogP) is 6.31. The number of rotatable bonds is 2. The first-order valence-electron chi connectivity index (χ1n) is 13.6. The molecule has 0 aliphatic heterocycles. The van der Waals surface area contributed by atoms with E-state index in [1.165, 1.54) is 33.1 Å². The Balaban J connectivity index is 1.42. The van der Waals surface area contributed by atoms with Gasteiger partial charge in [-0.2, -0.15) is 0 Å². The van der Waals surface area contributed by atoms with E-state index in [2.05, 4.69) is 25.7 Å². The van der Waals surface area contributed by atoms with Crippen LogP contribution in [0.25, 0.3) is 0 Å². The number of hydrogen-bond donors (Lipinski definition) is 0. The fraction of sp³-hybridized carbons (Fsp3) is 0.677. The van der Waals surface area contributed by atoms with Crippen LogP contribution in [0.3, 0.4) is 0 Å². The zero-order chi connectivity index (χ0) is 24.8. The van der Waals surface area contributed by atoms with Gasteiger partial charge in [0.2, 0.25) is 0 Å². The van der Waals surface area contributed by atoms with Crippen molar-refractivity contribution in [1.29, 1.82) is 0 Å². The van der Waals surface area contributed by atoms with Gasteiger partial charge < -0.3 is 9.47 Å². The Morgan fingerprint density at radius 1 is 0.886 bits per heavy atom. The lowest BCUT2D eigenvalue weighted by atomic mass is 9.44. The number of carbonyl (C=O) groups excluding carboxylic acids is 2. The highest BCUT2D eigenvalue weighted by atomic mass is 16.6. The average Bonchev–Trinajstić information content (AvgIpc) is 3.10. The molecule has 4 aliphatic carbocycles. The SMILES string of the molecule is CC(=O)O[C@@H]1CC[C@@]2(C)[C@@H](CC[C@H]3[C@H]2CC[C@]2(C)[C@@H]3CC[C@]2(C#Cc2ccccc2)OC(C)=O)C1. The zero-order valence-corrected chi connectivity index (χ0v) is 21.8. The first-order valence-corrected chi connectivity index (χ1v) is 13.6. The molecule has 0 heterocycles. The lowest BCUT2D eigenvalue weighted by molar-refractivity contribution is -0.178. The number of ether oxygens (including phenoxy) is 2. The summed E-state index contributed by atoms with van der Waals surface area (Å²) in [5.41, 5.74) is 0.440. The highest BCUT2D eigenvalue weighted by Gasteiger charge is 2.66. The number of benzene rings is 1. The maximum absolute atomic E-state index is 12.3. The summed E-state index contributed by atoms with van der Waals surface area (Å²) in [5, 5.41) is 0. The second-order valence-electron chi connectivity index (χ2n) is 12.2. The van der Waals surface area contributed by atoms with Crippen molar-refractivity contribution < 1.29 is 19.1 Å². The molecular formula is C31H40O4. The zero-order valence-electron chi connectivity index (χ0n) is 21.8. The molecule has 0 amide bonds. The topological polar surface area (TPSA) is 52.6 Å². The fourth-order valence-corrected chi connectivity index (χ4v) is 8.90. The van der Waals surface area contributed by atoms with Crippen LogP contribution < -0.4 is 0 Å². The quantitative estimate of drug-likeness (QED) is 0.370. The van der Waals surface area contributed by atoms with Gasteiger partial charge in [0.05, 0.1) is 0 Å². The molecule has 0 aromatic heterocycles. The highest BCUT2D eigenvalue weighted by molar-refractivity contribution is 5.67. The van der Waals surface area contributed by atoms with Gasteiger partial charge in [-0.3, -0.25) is 9.59 Å². The van der Waals surface area contributed by atoms with E-state index < -0.39 is 5.60 Å². The minimum absolute atomic E-state index is 0.0901. The molecule has 1 aromatic rings. The lowest BCUT2D eigenvalue weighted by Crippen LogP contribution is -2.57. The van der Waals surface area contributed by atoms with Crippen molar-refractivity contribution in [3.63, 3.8) is 0 Å². The normalized spacial score (nSPS) is 41.9. The molecule has 4 fully saturated rings. The van der Waals surface area contributed by atoms with Crippen LogP contribution in [0.1, 0.15) is 91.0 Å². The Morgan fingerprint density at radius 3 is 2.34 bits per heavy atom. The molecule has 4 saturated carbocycles. The van der Waals surface area contributed by atoms with E-state index in [1.807, 2.05) is 30.3 Å². The standard InChI is InChI=1S/C31H40O4/c1-21(32)34-25-13-16-29(3)24(20-25)10-11-26-27(29)14-17-30(4)28(26)15-19-31(30,35-22(2)33)18-12-23-8-6-5-7-9-23/h5-9,24-28H,10-11,13-17,19-20H2,1-4H3/t24-,25+,26-,27+,28+,29-,30+,31-/m0/s1. The van der Waals surface area contributed by atoms with Crippen molar-refractivity contribution in [2.45, 2.75) is 97.2 Å². The van der Waals surface area contributed by atoms with E-state index in [4.69, 9.17) is 9.47 Å². The molecular weight excluding hydrogens is 436 g/mol. The van der Waals surface area contributed by atoms with Crippen molar-refractivity contribution in [2.24, 2.45) is 34.5 Å². The number of fused-ring (bicyclic) bond motifs is 5. The van der Waals surface area contributed by atoms with Gasteiger partial charge in [0, 0.05) is 24.8 Å². The van der Waals surface area contributed by atoms with E-state index in [1.54, 1.807) is 0 Å². The first kappa shape index (κ1) is 24.4.